The van der Waals surface area contributed by atoms with Crippen molar-refractivity contribution < 1.29 is 9.47 Å². The van der Waals surface area contributed by atoms with E-state index in [-0.39, 0.29) is 11.7 Å². The van der Waals surface area contributed by atoms with Gasteiger partial charge in [-0.3, -0.25) is 0 Å². The Kier molecular flexibility index (Phi) is 2.90. The minimum Gasteiger partial charge on any atom is -0.350 e. The van der Waals surface area contributed by atoms with Crippen LogP contribution in [-0.4, -0.2) is 26.0 Å². The average Bonchev–Trinajstić information content (AvgIpc) is 2.99. The zero-order chi connectivity index (χ0) is 11.7. The molecule has 0 radical (unpaired) electrons. The van der Waals surface area contributed by atoms with E-state index in [9.17, 15) is 0 Å². The minimum absolute atomic E-state index is 0.0611. The van der Waals surface area contributed by atoms with Gasteiger partial charge in [0.1, 0.15) is 0 Å². The highest BCUT2D eigenvalue weighted by Gasteiger charge is 2.40. The Labute approximate surface area is 102 Å². The predicted molar refractivity (Wildman–Crippen MR) is 65.8 cm³/mol. The first-order valence-electron chi connectivity index (χ1n) is 6.36. The van der Waals surface area contributed by atoms with Gasteiger partial charge in [-0.2, -0.15) is 0 Å². The molecule has 1 atom stereocenters. The Bertz CT molecular complexity index is 401. The Hall–Kier alpha value is -0.900. The smallest absolute Gasteiger partial charge is 0.158 e. The quantitative estimate of drug-likeness (QED) is 0.862. The molecule has 3 nitrogen and oxygen atoms in total. The summed E-state index contributed by atoms with van der Waals surface area (Å²) in [6, 6.07) is 8.63. The maximum absolute atomic E-state index is 6.05. The Morgan fingerprint density at radius 3 is 2.76 bits per heavy atom. The Morgan fingerprint density at radius 1 is 1.24 bits per heavy atom. The van der Waals surface area contributed by atoms with E-state index in [4.69, 9.17) is 15.2 Å². The van der Waals surface area contributed by atoms with Crippen molar-refractivity contribution in [1.82, 2.24) is 0 Å². The number of nitrogens with two attached hydrogens (primary N) is 1. The molecule has 1 aliphatic carbocycles. The second-order valence-electron chi connectivity index (χ2n) is 5.02. The zero-order valence-corrected chi connectivity index (χ0v) is 10.0. The van der Waals surface area contributed by atoms with Gasteiger partial charge < -0.3 is 15.2 Å². The molecule has 1 aliphatic heterocycles. The highest BCUT2D eigenvalue weighted by Crippen LogP contribution is 2.42. The van der Waals surface area contributed by atoms with Crippen molar-refractivity contribution in [3.05, 3.63) is 35.4 Å². The van der Waals surface area contributed by atoms with Crippen molar-refractivity contribution in [3.63, 3.8) is 0 Å². The molecule has 0 spiro atoms. The molecule has 2 aliphatic rings. The highest BCUT2D eigenvalue weighted by molar-refractivity contribution is 5.39. The fourth-order valence-electron chi connectivity index (χ4n) is 3.12. The molecule has 3 rings (SSSR count). The van der Waals surface area contributed by atoms with Gasteiger partial charge in [0.05, 0.1) is 13.2 Å². The van der Waals surface area contributed by atoms with Crippen molar-refractivity contribution in [2.45, 2.75) is 31.0 Å². The van der Waals surface area contributed by atoms with Gasteiger partial charge in [0.15, 0.2) is 6.29 Å². The number of ether oxygens (including phenoxy) is 2. The monoisotopic (exact) mass is 233 g/mol. The van der Waals surface area contributed by atoms with Crippen LogP contribution in [0.15, 0.2) is 24.3 Å². The second-order valence-corrected chi connectivity index (χ2v) is 5.02. The maximum Gasteiger partial charge on any atom is 0.158 e. The molecule has 1 aromatic carbocycles. The molecule has 1 heterocycles. The van der Waals surface area contributed by atoms with E-state index in [1.54, 1.807) is 0 Å². The van der Waals surface area contributed by atoms with Crippen LogP contribution in [0.2, 0.25) is 0 Å². The third-order valence-electron chi connectivity index (χ3n) is 4.10. The van der Waals surface area contributed by atoms with E-state index in [0.717, 1.165) is 19.3 Å². The van der Waals surface area contributed by atoms with Crippen molar-refractivity contribution in [2.24, 2.45) is 5.73 Å². The first-order valence-corrected chi connectivity index (χ1v) is 6.36. The highest BCUT2D eigenvalue weighted by atomic mass is 16.7. The summed E-state index contributed by atoms with van der Waals surface area (Å²) in [7, 11) is 0. The average molecular weight is 233 g/mol. The van der Waals surface area contributed by atoms with Crippen molar-refractivity contribution in [2.75, 3.05) is 19.8 Å². The summed E-state index contributed by atoms with van der Waals surface area (Å²) >= 11 is 0. The van der Waals surface area contributed by atoms with Gasteiger partial charge in [0.25, 0.3) is 0 Å². The fraction of sp³-hybridized carbons (Fsp3) is 0.571. The van der Waals surface area contributed by atoms with Crippen molar-refractivity contribution in [1.29, 1.82) is 0 Å². The number of benzene rings is 1. The molecule has 0 bridgehead atoms. The maximum atomic E-state index is 6.05. The lowest BCUT2D eigenvalue weighted by molar-refractivity contribution is -0.0607. The lowest BCUT2D eigenvalue weighted by Crippen LogP contribution is -2.36. The molecular weight excluding hydrogens is 214 g/mol. The van der Waals surface area contributed by atoms with Crippen LogP contribution < -0.4 is 5.73 Å². The molecule has 1 saturated heterocycles. The van der Waals surface area contributed by atoms with E-state index in [2.05, 4.69) is 24.3 Å². The van der Waals surface area contributed by atoms with Crippen LogP contribution >= 0.6 is 0 Å². The summed E-state index contributed by atoms with van der Waals surface area (Å²) in [5, 5.41) is 0. The second kappa shape index (κ2) is 4.41. The first kappa shape index (κ1) is 11.2. The lowest BCUT2D eigenvalue weighted by Gasteiger charge is -2.30. The molecule has 0 aromatic heterocycles. The molecule has 2 N–H and O–H groups in total. The summed E-state index contributed by atoms with van der Waals surface area (Å²) in [6.45, 7) is 2.10. The van der Waals surface area contributed by atoms with E-state index < -0.39 is 0 Å². The first-order chi connectivity index (χ1) is 8.34. The molecular formula is C14H19NO2. The van der Waals surface area contributed by atoms with Crippen LogP contribution in [0.5, 0.6) is 0 Å². The molecule has 0 saturated carbocycles. The molecule has 0 amide bonds. The third-order valence-corrected chi connectivity index (χ3v) is 4.10. The van der Waals surface area contributed by atoms with Crippen LogP contribution in [0.3, 0.4) is 0 Å². The summed E-state index contributed by atoms with van der Waals surface area (Å²) < 4.78 is 11.2. The standard InChI is InChI=1S/C14H19NO2/c15-10-14(9-13-16-7-8-17-13)6-5-11-3-1-2-4-12(11)14/h1-4,13H,5-10,15H2. The number of aryl methyl sites for hydroxylation is 1. The van der Waals surface area contributed by atoms with Gasteiger partial charge in [0.2, 0.25) is 0 Å². The van der Waals surface area contributed by atoms with Gasteiger partial charge in [-0.05, 0) is 24.0 Å². The van der Waals surface area contributed by atoms with Crippen LogP contribution in [0, 0.1) is 0 Å². The molecule has 3 heteroatoms. The van der Waals surface area contributed by atoms with Crippen LogP contribution in [0.1, 0.15) is 24.0 Å². The molecule has 1 unspecified atom stereocenters. The van der Waals surface area contributed by atoms with E-state index >= 15 is 0 Å². The Balaban J connectivity index is 1.87. The van der Waals surface area contributed by atoms with Gasteiger partial charge >= 0.3 is 0 Å². The third kappa shape index (κ3) is 1.88. The SMILES string of the molecule is NCC1(CC2OCCO2)CCc2ccccc21. The van der Waals surface area contributed by atoms with Gasteiger partial charge in [0, 0.05) is 18.4 Å². The largest absolute Gasteiger partial charge is 0.350 e. The Morgan fingerprint density at radius 2 is 2.00 bits per heavy atom. The number of rotatable bonds is 3. The van der Waals surface area contributed by atoms with E-state index in [1.807, 2.05) is 0 Å². The van der Waals surface area contributed by atoms with E-state index in [0.29, 0.717) is 19.8 Å². The zero-order valence-electron chi connectivity index (χ0n) is 10.0. The molecule has 1 fully saturated rings. The normalized spacial score (nSPS) is 28.5. The van der Waals surface area contributed by atoms with Gasteiger partial charge in [-0.1, -0.05) is 24.3 Å². The molecule has 1 aromatic rings. The fourth-order valence-corrected chi connectivity index (χ4v) is 3.12. The minimum atomic E-state index is -0.0651. The van der Waals surface area contributed by atoms with Crippen LogP contribution in [-0.2, 0) is 21.3 Å². The number of hydrogen-bond acceptors (Lipinski definition) is 3. The predicted octanol–water partition coefficient (Wildman–Crippen LogP) is 1.59. The van der Waals surface area contributed by atoms with Gasteiger partial charge in [-0.25, -0.2) is 0 Å². The van der Waals surface area contributed by atoms with Crippen LogP contribution in [0.25, 0.3) is 0 Å². The van der Waals surface area contributed by atoms with Gasteiger partial charge in [-0.15, -0.1) is 0 Å². The lowest BCUT2D eigenvalue weighted by atomic mass is 9.78. The van der Waals surface area contributed by atoms with Crippen molar-refractivity contribution >= 4 is 0 Å². The molecule has 17 heavy (non-hydrogen) atoms. The van der Waals surface area contributed by atoms with Crippen LogP contribution in [0.4, 0.5) is 0 Å². The topological polar surface area (TPSA) is 44.5 Å². The summed E-state index contributed by atoms with van der Waals surface area (Å²) in [4.78, 5) is 0. The van der Waals surface area contributed by atoms with Crippen molar-refractivity contribution in [3.8, 4) is 0 Å². The summed E-state index contributed by atoms with van der Waals surface area (Å²) in [5.41, 5.74) is 8.96. The number of hydrogen-bond donors (Lipinski definition) is 1. The number of fused-ring (bicyclic) bond motifs is 1. The summed E-state index contributed by atoms with van der Waals surface area (Å²) in [5.74, 6) is 0. The van der Waals surface area contributed by atoms with E-state index in [1.165, 1.54) is 11.1 Å². The summed E-state index contributed by atoms with van der Waals surface area (Å²) in [6.07, 6.45) is 3.07. The molecule has 92 valence electrons.